The summed E-state index contributed by atoms with van der Waals surface area (Å²) in [6.07, 6.45) is -1.02. The number of hydrogen-bond acceptors (Lipinski definition) is 3. The second-order valence-corrected chi connectivity index (χ2v) is 10.3. The molecule has 7 heteroatoms. The van der Waals surface area contributed by atoms with E-state index in [0.29, 0.717) is 11.0 Å². The molecular weight excluding hydrogens is 360 g/mol. The smallest absolute Gasteiger partial charge is 0.465 e. The van der Waals surface area contributed by atoms with Gasteiger partial charge in [0.1, 0.15) is 5.82 Å². The molecule has 1 aromatic carbocycles. The van der Waals surface area contributed by atoms with Crippen molar-refractivity contribution in [1.82, 2.24) is 4.90 Å². The summed E-state index contributed by atoms with van der Waals surface area (Å²) in [5, 5.41) is 9.57. The highest BCUT2D eigenvalue weighted by molar-refractivity contribution is 6.62. The van der Waals surface area contributed by atoms with Crippen LogP contribution < -0.4 is 5.46 Å². The molecule has 1 aliphatic rings. The molecule has 2 rings (SSSR count). The Balaban J connectivity index is 2.30. The van der Waals surface area contributed by atoms with Crippen molar-refractivity contribution < 1.29 is 23.6 Å². The topological polar surface area (TPSA) is 59.0 Å². The molecule has 1 saturated heterocycles. The van der Waals surface area contributed by atoms with Gasteiger partial charge in [-0.2, -0.15) is 0 Å². The van der Waals surface area contributed by atoms with E-state index in [1.807, 2.05) is 62.3 Å². The quantitative estimate of drug-likeness (QED) is 0.780. The molecule has 0 atom stereocenters. The predicted molar refractivity (Wildman–Crippen MR) is 110 cm³/mol. The van der Waals surface area contributed by atoms with Crippen LogP contribution in [0.2, 0.25) is 0 Å². The Bertz CT molecular complexity index is 739. The number of rotatable bonds is 4. The molecule has 0 unspecified atom stereocenters. The van der Waals surface area contributed by atoms with Gasteiger partial charge in [0.15, 0.2) is 0 Å². The summed E-state index contributed by atoms with van der Waals surface area (Å²) in [4.78, 5) is 13.0. The third kappa shape index (κ3) is 4.36. The lowest BCUT2D eigenvalue weighted by Gasteiger charge is -2.39. The fourth-order valence-corrected chi connectivity index (χ4v) is 3.28. The lowest BCUT2D eigenvalue weighted by molar-refractivity contribution is 0.00578. The molecule has 28 heavy (non-hydrogen) atoms. The molecule has 1 amide bonds. The van der Waals surface area contributed by atoms with Gasteiger partial charge in [-0.3, -0.25) is 0 Å². The van der Waals surface area contributed by atoms with E-state index in [1.54, 1.807) is 12.1 Å². The molecule has 1 fully saturated rings. The maximum Gasteiger partial charge on any atom is 0.494 e. The number of nitrogens with zero attached hydrogens (tertiary/aromatic N) is 1. The molecule has 1 aliphatic heterocycles. The average Bonchev–Trinajstić information content (AvgIpc) is 2.71. The largest absolute Gasteiger partial charge is 0.494 e. The van der Waals surface area contributed by atoms with Gasteiger partial charge in [-0.1, -0.05) is 26.0 Å². The molecule has 0 aromatic heterocycles. The van der Waals surface area contributed by atoms with Gasteiger partial charge < -0.3 is 19.3 Å². The van der Waals surface area contributed by atoms with E-state index in [2.05, 4.69) is 0 Å². The molecule has 156 valence electrons. The Morgan fingerprint density at radius 2 is 1.61 bits per heavy atom. The summed E-state index contributed by atoms with van der Waals surface area (Å²) in [7, 11) is -0.637. The van der Waals surface area contributed by atoms with Crippen molar-refractivity contribution >= 4 is 18.7 Å². The zero-order valence-corrected chi connectivity index (χ0v) is 18.5. The Labute approximate surface area is 168 Å². The van der Waals surface area contributed by atoms with Crippen molar-refractivity contribution in [3.8, 4) is 0 Å². The van der Waals surface area contributed by atoms with Crippen LogP contribution in [0.25, 0.3) is 0 Å². The van der Waals surface area contributed by atoms with Crippen molar-refractivity contribution in [3.63, 3.8) is 0 Å². The highest BCUT2D eigenvalue weighted by Gasteiger charge is 2.51. The number of carboxylic acid groups (broad SMARTS) is 1. The van der Waals surface area contributed by atoms with Crippen LogP contribution >= 0.6 is 0 Å². The summed E-state index contributed by atoms with van der Waals surface area (Å²) in [6.45, 7) is 17.2. The van der Waals surface area contributed by atoms with Crippen LogP contribution in [0, 0.1) is 5.82 Å². The van der Waals surface area contributed by atoms with Gasteiger partial charge in [0.05, 0.1) is 11.2 Å². The first-order valence-electron chi connectivity index (χ1n) is 9.64. The second kappa shape index (κ2) is 7.03. The predicted octanol–water partition coefficient (Wildman–Crippen LogP) is 4.18. The van der Waals surface area contributed by atoms with Gasteiger partial charge in [-0.25, -0.2) is 9.18 Å². The lowest BCUT2D eigenvalue weighted by atomic mass is 9.76. The van der Waals surface area contributed by atoms with Crippen LogP contribution in [0.3, 0.4) is 0 Å². The zero-order chi connectivity index (χ0) is 21.7. The summed E-state index contributed by atoms with van der Waals surface area (Å²) in [6, 6.07) is 4.93. The van der Waals surface area contributed by atoms with Crippen LogP contribution in [-0.2, 0) is 14.7 Å². The average molecular weight is 393 g/mol. The third-order valence-electron chi connectivity index (χ3n) is 5.84. The SMILES string of the molecule is CC(C)(CN(C(=O)O)C(C)(C)C)c1ccc(B2OC(C)(C)C(C)(C)O2)cc1F. The number of halogens is 1. The van der Waals surface area contributed by atoms with Gasteiger partial charge in [-0.15, -0.1) is 0 Å². The molecule has 1 N–H and O–H groups in total. The minimum absolute atomic E-state index is 0.179. The van der Waals surface area contributed by atoms with E-state index >= 15 is 4.39 Å². The van der Waals surface area contributed by atoms with Gasteiger partial charge in [0, 0.05) is 17.5 Å². The van der Waals surface area contributed by atoms with Gasteiger partial charge in [0.25, 0.3) is 0 Å². The van der Waals surface area contributed by atoms with E-state index in [9.17, 15) is 9.90 Å². The van der Waals surface area contributed by atoms with Gasteiger partial charge in [-0.05, 0) is 65.6 Å². The Morgan fingerprint density at radius 1 is 1.11 bits per heavy atom. The zero-order valence-electron chi connectivity index (χ0n) is 18.5. The standard InChI is InChI=1S/C21H33BFNO4/c1-18(2,3)24(17(25)26)13-19(4,5)15-11-10-14(12-16(15)23)22-27-20(6,7)21(8,9)28-22/h10-12H,13H2,1-9H3,(H,25,26). The summed E-state index contributed by atoms with van der Waals surface area (Å²) in [5.41, 5.74) is -1.21. The van der Waals surface area contributed by atoms with Crippen LogP contribution in [0.5, 0.6) is 0 Å². The fraction of sp³-hybridized carbons (Fsp3) is 0.667. The molecule has 0 bridgehead atoms. The first-order chi connectivity index (χ1) is 12.5. The minimum atomic E-state index is -1.02. The van der Waals surface area contributed by atoms with E-state index < -0.39 is 41.2 Å². The molecule has 5 nitrogen and oxygen atoms in total. The number of benzene rings is 1. The first kappa shape index (κ1) is 22.7. The fourth-order valence-electron chi connectivity index (χ4n) is 3.28. The lowest BCUT2D eigenvalue weighted by Crippen LogP contribution is -2.50. The van der Waals surface area contributed by atoms with Crippen molar-refractivity contribution in [1.29, 1.82) is 0 Å². The second-order valence-electron chi connectivity index (χ2n) is 10.3. The van der Waals surface area contributed by atoms with Crippen molar-refractivity contribution in [2.75, 3.05) is 6.54 Å². The molecule has 0 aliphatic carbocycles. The molecule has 0 radical (unpaired) electrons. The molecule has 0 saturated carbocycles. The Hall–Kier alpha value is -1.60. The first-order valence-corrected chi connectivity index (χ1v) is 9.64. The minimum Gasteiger partial charge on any atom is -0.465 e. The molecule has 1 heterocycles. The van der Waals surface area contributed by atoms with E-state index in [-0.39, 0.29) is 6.54 Å². The van der Waals surface area contributed by atoms with E-state index in [4.69, 9.17) is 9.31 Å². The maximum atomic E-state index is 15.1. The van der Waals surface area contributed by atoms with Crippen molar-refractivity contribution in [2.24, 2.45) is 0 Å². The number of carbonyl (C=O) groups is 1. The van der Waals surface area contributed by atoms with Crippen LogP contribution in [0.1, 0.15) is 67.9 Å². The van der Waals surface area contributed by atoms with Gasteiger partial charge >= 0.3 is 13.2 Å². The third-order valence-corrected chi connectivity index (χ3v) is 5.84. The summed E-state index contributed by atoms with van der Waals surface area (Å²) < 4.78 is 27.0. The normalized spacial score (nSPS) is 19.0. The highest BCUT2D eigenvalue weighted by Crippen LogP contribution is 2.37. The van der Waals surface area contributed by atoms with Crippen LogP contribution in [0.4, 0.5) is 9.18 Å². The summed E-state index contributed by atoms with van der Waals surface area (Å²) in [5.74, 6) is -0.392. The van der Waals surface area contributed by atoms with Crippen LogP contribution in [-0.4, -0.2) is 46.5 Å². The Kier molecular flexibility index (Phi) is 5.69. The van der Waals surface area contributed by atoms with Crippen LogP contribution in [0.15, 0.2) is 18.2 Å². The maximum absolute atomic E-state index is 15.1. The number of hydrogen-bond donors (Lipinski definition) is 1. The van der Waals surface area contributed by atoms with E-state index in [0.717, 1.165) is 0 Å². The van der Waals surface area contributed by atoms with Crippen molar-refractivity contribution in [2.45, 2.75) is 84.5 Å². The molecule has 0 spiro atoms. The highest BCUT2D eigenvalue weighted by atomic mass is 19.1. The monoisotopic (exact) mass is 393 g/mol. The van der Waals surface area contributed by atoms with E-state index in [1.165, 1.54) is 11.0 Å². The summed E-state index contributed by atoms with van der Waals surface area (Å²) >= 11 is 0. The molecular formula is C21H33BFNO4. The number of amides is 1. The van der Waals surface area contributed by atoms with Crippen molar-refractivity contribution in [3.05, 3.63) is 29.6 Å². The van der Waals surface area contributed by atoms with Gasteiger partial charge in [0.2, 0.25) is 0 Å². The Morgan fingerprint density at radius 3 is 2.00 bits per heavy atom. The molecule has 1 aromatic rings.